The molecule has 0 atom stereocenters. The average molecular weight is 538 g/mol. The van der Waals surface area contributed by atoms with E-state index >= 15 is 0 Å². The molecule has 0 aliphatic rings. The second-order valence-electron chi connectivity index (χ2n) is 7.91. The van der Waals surface area contributed by atoms with E-state index in [0.717, 1.165) is 5.56 Å². The molecule has 4 rings (SSSR count). The van der Waals surface area contributed by atoms with Gasteiger partial charge in [0.25, 0.3) is 5.91 Å². The van der Waals surface area contributed by atoms with Crippen LogP contribution in [0.2, 0.25) is 5.02 Å². The van der Waals surface area contributed by atoms with Crippen LogP contribution in [0.15, 0.2) is 111 Å². The summed E-state index contributed by atoms with van der Waals surface area (Å²) in [5, 5.41) is 4.44. The molecule has 0 aliphatic heterocycles. The number of hydrazone groups is 1. The lowest BCUT2D eigenvalue weighted by atomic mass is 10.2. The van der Waals surface area contributed by atoms with Gasteiger partial charge < -0.3 is 9.15 Å². The highest BCUT2D eigenvalue weighted by Gasteiger charge is 2.26. The number of halogens is 1. The lowest BCUT2D eigenvalue weighted by molar-refractivity contribution is -0.123. The minimum Gasteiger partial charge on any atom is -0.484 e. The molecule has 1 amide bonds. The molecule has 0 saturated heterocycles. The van der Waals surface area contributed by atoms with E-state index < -0.39 is 15.9 Å². The van der Waals surface area contributed by atoms with Crippen LogP contribution in [0.1, 0.15) is 17.1 Å². The molecule has 3 aromatic carbocycles. The SMILES string of the molecule is O=C(COc1ccccc1)N/N=C\c1ccc(CN(Cc2ccc(Cl)cc2)S(=O)(=O)c2ccccc2)o1. The molecular formula is C27H24ClN3O5S. The smallest absolute Gasteiger partial charge is 0.277 e. The molecule has 4 aromatic rings. The van der Waals surface area contributed by atoms with E-state index in [1.165, 1.54) is 10.5 Å². The number of hydrogen-bond donors (Lipinski definition) is 1. The Morgan fingerprint density at radius 1 is 0.919 bits per heavy atom. The van der Waals surface area contributed by atoms with Gasteiger partial charge in [0.05, 0.1) is 17.7 Å². The van der Waals surface area contributed by atoms with Gasteiger partial charge in [0.15, 0.2) is 6.61 Å². The fourth-order valence-corrected chi connectivity index (χ4v) is 4.89. The molecule has 8 nitrogen and oxygen atoms in total. The van der Waals surface area contributed by atoms with Crippen molar-refractivity contribution < 1.29 is 22.4 Å². The number of ether oxygens (including phenoxy) is 1. The van der Waals surface area contributed by atoms with Crippen molar-refractivity contribution in [1.29, 1.82) is 0 Å². The van der Waals surface area contributed by atoms with Crippen molar-refractivity contribution in [2.45, 2.75) is 18.0 Å². The van der Waals surface area contributed by atoms with Crippen LogP contribution < -0.4 is 10.2 Å². The molecule has 37 heavy (non-hydrogen) atoms. The number of para-hydroxylation sites is 1. The van der Waals surface area contributed by atoms with Crippen LogP contribution in [-0.4, -0.2) is 31.5 Å². The van der Waals surface area contributed by atoms with Gasteiger partial charge in [0.1, 0.15) is 17.3 Å². The molecule has 0 aliphatic carbocycles. The molecule has 10 heteroatoms. The molecule has 1 heterocycles. The highest BCUT2D eigenvalue weighted by Crippen LogP contribution is 2.22. The van der Waals surface area contributed by atoms with Crippen molar-refractivity contribution in [2.24, 2.45) is 5.10 Å². The second kappa shape index (κ2) is 12.4. The first-order chi connectivity index (χ1) is 17.9. The van der Waals surface area contributed by atoms with E-state index in [9.17, 15) is 13.2 Å². The molecule has 0 radical (unpaired) electrons. The van der Waals surface area contributed by atoms with E-state index in [2.05, 4.69) is 10.5 Å². The van der Waals surface area contributed by atoms with E-state index in [1.54, 1.807) is 78.9 Å². The van der Waals surface area contributed by atoms with Gasteiger partial charge in [-0.1, -0.05) is 60.1 Å². The Balaban J connectivity index is 1.41. The average Bonchev–Trinajstić information content (AvgIpc) is 3.36. The number of nitrogens with one attached hydrogen (secondary N) is 1. The minimum absolute atomic E-state index is 0.00896. The van der Waals surface area contributed by atoms with Crippen LogP contribution in [-0.2, 0) is 27.9 Å². The van der Waals surface area contributed by atoms with Gasteiger partial charge >= 0.3 is 0 Å². The van der Waals surface area contributed by atoms with Crippen LogP contribution in [0.4, 0.5) is 0 Å². The molecule has 1 aromatic heterocycles. The Labute approximate surface area is 220 Å². The van der Waals surface area contributed by atoms with Gasteiger partial charge in [0, 0.05) is 11.6 Å². The Kier molecular flexibility index (Phi) is 8.73. The van der Waals surface area contributed by atoms with Crippen molar-refractivity contribution in [3.05, 3.63) is 119 Å². The molecule has 0 fully saturated rings. The largest absolute Gasteiger partial charge is 0.484 e. The predicted molar refractivity (Wildman–Crippen MR) is 141 cm³/mol. The first-order valence-corrected chi connectivity index (χ1v) is 13.1. The fraction of sp³-hybridized carbons (Fsp3) is 0.111. The number of rotatable bonds is 11. The lowest BCUT2D eigenvalue weighted by Crippen LogP contribution is -2.30. The van der Waals surface area contributed by atoms with Crippen molar-refractivity contribution in [1.82, 2.24) is 9.73 Å². The first kappa shape index (κ1) is 26.2. The van der Waals surface area contributed by atoms with Gasteiger partial charge in [-0.25, -0.2) is 13.8 Å². The fourth-order valence-electron chi connectivity index (χ4n) is 3.35. The topological polar surface area (TPSA) is 101 Å². The zero-order valence-electron chi connectivity index (χ0n) is 19.7. The van der Waals surface area contributed by atoms with E-state index in [-0.39, 0.29) is 24.6 Å². The zero-order chi connectivity index (χ0) is 26.1. The maximum Gasteiger partial charge on any atom is 0.277 e. The van der Waals surface area contributed by atoms with Crippen LogP contribution in [0, 0.1) is 0 Å². The molecule has 0 bridgehead atoms. The highest BCUT2D eigenvalue weighted by molar-refractivity contribution is 7.89. The maximum absolute atomic E-state index is 13.4. The van der Waals surface area contributed by atoms with Crippen molar-refractivity contribution in [3.8, 4) is 5.75 Å². The standard InChI is InChI=1S/C27H24ClN3O5S/c28-22-13-11-21(12-14-22)18-31(37(33,34)26-9-5-2-6-10-26)19-25-16-15-24(36-25)17-29-30-27(32)20-35-23-7-3-1-4-8-23/h1-17H,18-20H2,(H,30,32)/b29-17-. The van der Waals surface area contributed by atoms with E-state index in [0.29, 0.717) is 22.3 Å². The number of sulfonamides is 1. The van der Waals surface area contributed by atoms with E-state index in [4.69, 9.17) is 20.8 Å². The third kappa shape index (κ3) is 7.53. The Bertz CT molecular complexity index is 1440. The summed E-state index contributed by atoms with van der Waals surface area (Å²) in [5.41, 5.74) is 3.14. The molecule has 190 valence electrons. The minimum atomic E-state index is -3.82. The zero-order valence-corrected chi connectivity index (χ0v) is 21.2. The summed E-state index contributed by atoms with van der Waals surface area (Å²) in [5.74, 6) is 0.900. The Hall–Kier alpha value is -3.92. The van der Waals surface area contributed by atoms with Gasteiger partial charge in [-0.2, -0.15) is 9.41 Å². The monoisotopic (exact) mass is 537 g/mol. The number of nitrogens with zero attached hydrogens (tertiary/aromatic N) is 2. The lowest BCUT2D eigenvalue weighted by Gasteiger charge is -2.21. The third-order valence-corrected chi connectivity index (χ3v) is 7.22. The van der Waals surface area contributed by atoms with Gasteiger partial charge in [0.2, 0.25) is 10.0 Å². The van der Waals surface area contributed by atoms with Crippen LogP contribution in [0.5, 0.6) is 5.75 Å². The second-order valence-corrected chi connectivity index (χ2v) is 10.3. The Morgan fingerprint density at radius 2 is 1.59 bits per heavy atom. The van der Waals surface area contributed by atoms with Crippen LogP contribution in [0.25, 0.3) is 0 Å². The maximum atomic E-state index is 13.4. The molecular weight excluding hydrogens is 514 g/mol. The van der Waals surface area contributed by atoms with Crippen LogP contribution >= 0.6 is 11.6 Å². The summed E-state index contributed by atoms with van der Waals surface area (Å²) >= 11 is 5.98. The van der Waals surface area contributed by atoms with Crippen LogP contribution in [0.3, 0.4) is 0 Å². The molecule has 1 N–H and O–H groups in total. The third-order valence-electron chi connectivity index (χ3n) is 5.16. The highest BCUT2D eigenvalue weighted by atomic mass is 35.5. The summed E-state index contributed by atoms with van der Waals surface area (Å²) in [6.07, 6.45) is 1.33. The summed E-state index contributed by atoms with van der Waals surface area (Å²) in [6, 6.07) is 27.4. The molecule has 0 spiro atoms. The van der Waals surface area contributed by atoms with Gasteiger partial charge in [-0.05, 0) is 54.1 Å². The van der Waals surface area contributed by atoms with Crippen molar-refractivity contribution in [2.75, 3.05) is 6.61 Å². The predicted octanol–water partition coefficient (Wildman–Crippen LogP) is 4.85. The summed E-state index contributed by atoms with van der Waals surface area (Å²) in [4.78, 5) is 12.1. The number of carbonyl (C=O) groups is 1. The summed E-state index contributed by atoms with van der Waals surface area (Å²) in [7, 11) is -3.82. The number of amides is 1. The van der Waals surface area contributed by atoms with Crippen molar-refractivity contribution in [3.63, 3.8) is 0 Å². The van der Waals surface area contributed by atoms with E-state index in [1.807, 2.05) is 18.2 Å². The number of hydrogen-bond acceptors (Lipinski definition) is 6. The molecule has 0 saturated carbocycles. The Morgan fingerprint density at radius 3 is 2.30 bits per heavy atom. The number of furan rings is 1. The quantitative estimate of drug-likeness (QED) is 0.218. The van der Waals surface area contributed by atoms with Gasteiger partial charge in [-0.3, -0.25) is 4.79 Å². The number of benzene rings is 3. The summed E-state index contributed by atoms with van der Waals surface area (Å²) < 4.78 is 39.2. The first-order valence-electron chi connectivity index (χ1n) is 11.3. The van der Waals surface area contributed by atoms with Crippen molar-refractivity contribution >= 4 is 33.7 Å². The normalized spacial score (nSPS) is 11.6. The summed E-state index contributed by atoms with van der Waals surface area (Å²) in [6.45, 7) is -0.0806. The van der Waals surface area contributed by atoms with Gasteiger partial charge in [-0.15, -0.1) is 0 Å². The molecule has 0 unspecified atom stereocenters. The number of carbonyl (C=O) groups excluding carboxylic acids is 1.